The van der Waals surface area contributed by atoms with E-state index < -0.39 is 5.97 Å². The Bertz CT molecular complexity index is 366. The second kappa shape index (κ2) is 6.45. The number of hydrogen-bond acceptors (Lipinski definition) is 3. The Morgan fingerprint density at radius 2 is 2.31 bits per heavy atom. The number of rotatable bonds is 6. The number of carbonyl (C=O) groups is 1. The summed E-state index contributed by atoms with van der Waals surface area (Å²) in [7, 11) is 0. The molecule has 0 aliphatic rings. The first-order chi connectivity index (χ1) is 7.58. The third-order valence-corrected chi connectivity index (χ3v) is 2.79. The molecule has 0 fully saturated rings. The number of ether oxygens (including phenoxy) is 1. The van der Waals surface area contributed by atoms with Crippen LogP contribution in [0.25, 0.3) is 6.08 Å². The van der Waals surface area contributed by atoms with Crippen LogP contribution in [0.4, 0.5) is 0 Å². The normalized spacial score (nSPS) is 11.4. The van der Waals surface area contributed by atoms with Gasteiger partial charge in [0.15, 0.2) is 0 Å². The molecule has 0 aliphatic heterocycles. The summed E-state index contributed by atoms with van der Waals surface area (Å²) in [5, 5.41) is 8.48. The van der Waals surface area contributed by atoms with E-state index in [1.165, 1.54) is 0 Å². The van der Waals surface area contributed by atoms with E-state index in [0.29, 0.717) is 12.5 Å². The molecule has 16 heavy (non-hydrogen) atoms. The molecule has 0 bridgehead atoms. The van der Waals surface area contributed by atoms with Crippen LogP contribution in [0.15, 0.2) is 18.2 Å². The fourth-order valence-electron chi connectivity index (χ4n) is 1.11. The summed E-state index contributed by atoms with van der Waals surface area (Å²) in [6.45, 7) is 5.56. The zero-order valence-electron chi connectivity index (χ0n) is 9.47. The van der Waals surface area contributed by atoms with Gasteiger partial charge in [0.2, 0.25) is 0 Å². The molecule has 0 spiro atoms. The molecule has 0 atom stereocenters. The van der Waals surface area contributed by atoms with E-state index in [1.54, 1.807) is 17.4 Å². The molecule has 0 radical (unpaired) electrons. The van der Waals surface area contributed by atoms with Gasteiger partial charge in [-0.2, -0.15) is 0 Å². The summed E-state index contributed by atoms with van der Waals surface area (Å²) in [6.07, 6.45) is 2.74. The van der Waals surface area contributed by atoms with Crippen molar-refractivity contribution in [2.45, 2.75) is 20.5 Å². The zero-order chi connectivity index (χ0) is 12.0. The van der Waals surface area contributed by atoms with Gasteiger partial charge in [-0.1, -0.05) is 13.8 Å². The molecule has 1 aromatic rings. The van der Waals surface area contributed by atoms with E-state index in [4.69, 9.17) is 9.84 Å². The summed E-state index contributed by atoms with van der Waals surface area (Å²) in [4.78, 5) is 12.4. The first kappa shape index (κ1) is 12.9. The van der Waals surface area contributed by atoms with Crippen LogP contribution in [-0.4, -0.2) is 17.7 Å². The molecular formula is C12H16O3S. The molecule has 1 N–H and O–H groups in total. The van der Waals surface area contributed by atoms with Gasteiger partial charge in [-0.25, -0.2) is 4.79 Å². The molecule has 1 rings (SSSR count). The van der Waals surface area contributed by atoms with Gasteiger partial charge in [0, 0.05) is 22.4 Å². The number of thiophene rings is 1. The van der Waals surface area contributed by atoms with Crippen molar-refractivity contribution in [3.05, 3.63) is 28.0 Å². The molecule has 0 saturated heterocycles. The van der Waals surface area contributed by atoms with Crippen LogP contribution in [0.3, 0.4) is 0 Å². The first-order valence-electron chi connectivity index (χ1n) is 5.15. The Balaban J connectivity index is 2.42. The lowest BCUT2D eigenvalue weighted by Crippen LogP contribution is -2.00. The lowest BCUT2D eigenvalue weighted by atomic mass is 10.2. The average Bonchev–Trinajstić information content (AvgIpc) is 2.62. The Hall–Kier alpha value is -1.13. The highest BCUT2D eigenvalue weighted by Crippen LogP contribution is 2.18. The van der Waals surface area contributed by atoms with Crippen molar-refractivity contribution < 1.29 is 14.6 Å². The fraction of sp³-hybridized carbons (Fsp3) is 0.417. The van der Waals surface area contributed by atoms with Crippen molar-refractivity contribution in [3.63, 3.8) is 0 Å². The van der Waals surface area contributed by atoms with Gasteiger partial charge in [0.05, 0.1) is 6.61 Å². The van der Waals surface area contributed by atoms with Gasteiger partial charge >= 0.3 is 5.97 Å². The molecule has 0 unspecified atom stereocenters. The molecule has 0 amide bonds. The van der Waals surface area contributed by atoms with Crippen LogP contribution in [0.1, 0.15) is 23.6 Å². The van der Waals surface area contributed by atoms with Crippen molar-refractivity contribution in [3.8, 4) is 0 Å². The molecule has 1 heterocycles. The van der Waals surface area contributed by atoms with Crippen LogP contribution >= 0.6 is 11.3 Å². The highest BCUT2D eigenvalue weighted by atomic mass is 32.1. The Labute approximate surface area is 99.4 Å². The van der Waals surface area contributed by atoms with E-state index in [2.05, 4.69) is 13.8 Å². The SMILES string of the molecule is CC(C)COCc1ccc(C=CC(=O)O)s1. The Morgan fingerprint density at radius 3 is 2.94 bits per heavy atom. The van der Waals surface area contributed by atoms with E-state index in [-0.39, 0.29) is 0 Å². The minimum absolute atomic E-state index is 0.534. The summed E-state index contributed by atoms with van der Waals surface area (Å²) in [5.41, 5.74) is 0. The Morgan fingerprint density at radius 1 is 1.56 bits per heavy atom. The molecule has 1 aromatic heterocycles. The first-order valence-corrected chi connectivity index (χ1v) is 5.97. The highest BCUT2D eigenvalue weighted by Gasteiger charge is 1.99. The summed E-state index contributed by atoms with van der Waals surface area (Å²) >= 11 is 1.55. The van der Waals surface area contributed by atoms with Gasteiger partial charge in [0.25, 0.3) is 0 Å². The van der Waals surface area contributed by atoms with E-state index in [0.717, 1.165) is 22.4 Å². The number of carboxylic acids is 1. The second-order valence-electron chi connectivity index (χ2n) is 3.88. The molecular weight excluding hydrogens is 224 g/mol. The van der Waals surface area contributed by atoms with Gasteiger partial charge in [0.1, 0.15) is 0 Å². The lowest BCUT2D eigenvalue weighted by molar-refractivity contribution is -0.131. The minimum Gasteiger partial charge on any atom is -0.478 e. The molecule has 0 aliphatic carbocycles. The van der Waals surface area contributed by atoms with Crippen LogP contribution in [0.5, 0.6) is 0 Å². The van der Waals surface area contributed by atoms with Crippen LogP contribution in [-0.2, 0) is 16.1 Å². The average molecular weight is 240 g/mol. The van der Waals surface area contributed by atoms with Crippen molar-refractivity contribution in [2.24, 2.45) is 5.92 Å². The third-order valence-electron chi connectivity index (χ3n) is 1.77. The van der Waals surface area contributed by atoms with Gasteiger partial charge < -0.3 is 9.84 Å². The molecule has 0 saturated carbocycles. The zero-order valence-corrected chi connectivity index (χ0v) is 10.3. The predicted octanol–water partition coefficient (Wildman–Crippen LogP) is 3.02. The van der Waals surface area contributed by atoms with E-state index in [9.17, 15) is 4.79 Å². The standard InChI is InChI=1S/C12H16O3S/c1-9(2)7-15-8-11-4-3-10(16-11)5-6-12(13)14/h3-6,9H,7-8H2,1-2H3,(H,13,14). The van der Waals surface area contributed by atoms with Gasteiger partial charge in [-0.3, -0.25) is 0 Å². The van der Waals surface area contributed by atoms with Gasteiger partial charge in [-0.15, -0.1) is 11.3 Å². The Kier molecular flexibility index (Phi) is 5.22. The van der Waals surface area contributed by atoms with E-state index in [1.807, 2.05) is 12.1 Å². The molecule has 0 aromatic carbocycles. The van der Waals surface area contributed by atoms with Crippen LogP contribution in [0.2, 0.25) is 0 Å². The van der Waals surface area contributed by atoms with E-state index >= 15 is 0 Å². The number of hydrogen-bond donors (Lipinski definition) is 1. The maximum atomic E-state index is 10.3. The maximum Gasteiger partial charge on any atom is 0.328 e. The third kappa shape index (κ3) is 5.09. The largest absolute Gasteiger partial charge is 0.478 e. The molecule has 3 nitrogen and oxygen atoms in total. The van der Waals surface area contributed by atoms with Gasteiger partial charge in [-0.05, 0) is 24.1 Å². The van der Waals surface area contributed by atoms with Crippen molar-refractivity contribution in [1.82, 2.24) is 0 Å². The lowest BCUT2D eigenvalue weighted by Gasteiger charge is -2.04. The summed E-state index contributed by atoms with van der Waals surface area (Å²) < 4.78 is 5.49. The number of carboxylic acid groups (broad SMARTS) is 1. The minimum atomic E-state index is -0.925. The van der Waals surface area contributed by atoms with Crippen LogP contribution < -0.4 is 0 Å². The molecule has 88 valence electrons. The van der Waals surface area contributed by atoms with Crippen molar-refractivity contribution in [1.29, 1.82) is 0 Å². The summed E-state index contributed by atoms with van der Waals surface area (Å²) in [5.74, 6) is -0.391. The topological polar surface area (TPSA) is 46.5 Å². The molecule has 4 heteroatoms. The predicted molar refractivity (Wildman–Crippen MR) is 65.5 cm³/mol. The quantitative estimate of drug-likeness (QED) is 0.777. The summed E-state index contributed by atoms with van der Waals surface area (Å²) in [6, 6.07) is 3.87. The highest BCUT2D eigenvalue weighted by molar-refractivity contribution is 7.12. The monoisotopic (exact) mass is 240 g/mol. The fourth-order valence-corrected chi connectivity index (χ4v) is 1.96. The van der Waals surface area contributed by atoms with Crippen LogP contribution in [0, 0.1) is 5.92 Å². The van der Waals surface area contributed by atoms with Crippen molar-refractivity contribution >= 4 is 23.4 Å². The van der Waals surface area contributed by atoms with Crippen molar-refractivity contribution in [2.75, 3.05) is 6.61 Å². The second-order valence-corrected chi connectivity index (χ2v) is 5.08. The smallest absolute Gasteiger partial charge is 0.328 e. The number of aliphatic carboxylic acids is 1. The maximum absolute atomic E-state index is 10.3.